The van der Waals surface area contributed by atoms with Crippen LogP contribution in [0.4, 0.5) is 34.1 Å². The van der Waals surface area contributed by atoms with Crippen LogP contribution in [0.5, 0.6) is 0 Å². The number of nitrogens with zero attached hydrogens (tertiary/aromatic N) is 2. The van der Waals surface area contributed by atoms with Crippen molar-refractivity contribution in [3.05, 3.63) is 275 Å². The highest BCUT2D eigenvalue weighted by Crippen LogP contribution is 2.64. The van der Waals surface area contributed by atoms with E-state index in [0.717, 1.165) is 28.4 Å². The summed E-state index contributed by atoms with van der Waals surface area (Å²) in [6, 6.07) is 86.7. The molecule has 0 heterocycles. The molecular weight excluding hydrogens is 869 g/mol. The summed E-state index contributed by atoms with van der Waals surface area (Å²) >= 11 is 0. The Bertz CT molecular complexity index is 3500. The summed E-state index contributed by atoms with van der Waals surface area (Å²) in [5.74, 6) is 0. The molecule has 2 nitrogen and oxygen atoms in total. The second-order valence-corrected chi connectivity index (χ2v) is 22.5. The molecule has 2 aliphatic rings. The van der Waals surface area contributed by atoms with Gasteiger partial charge in [0.15, 0.2) is 0 Å². The van der Waals surface area contributed by atoms with Gasteiger partial charge in [-0.25, -0.2) is 0 Å². The van der Waals surface area contributed by atoms with Gasteiger partial charge in [-0.1, -0.05) is 219 Å². The van der Waals surface area contributed by atoms with Gasteiger partial charge in [-0.3, -0.25) is 0 Å². The molecule has 2 aliphatic carbocycles. The van der Waals surface area contributed by atoms with E-state index >= 15 is 0 Å². The predicted octanol–water partition coefficient (Wildman–Crippen LogP) is 19.0. The Morgan fingerprint density at radius 2 is 0.764 bits per heavy atom. The number of hydrogen-bond acceptors (Lipinski definition) is 2. The van der Waals surface area contributed by atoms with Gasteiger partial charge in [-0.05, 0) is 150 Å². The lowest BCUT2D eigenvalue weighted by atomic mass is 9.59. The van der Waals surface area contributed by atoms with Crippen molar-refractivity contribution in [2.24, 2.45) is 0 Å². The van der Waals surface area contributed by atoms with Gasteiger partial charge in [0, 0.05) is 39.2 Å². The maximum Gasteiger partial charge on any atom is 0.0717 e. The van der Waals surface area contributed by atoms with E-state index in [4.69, 9.17) is 0 Å². The largest absolute Gasteiger partial charge is 0.310 e. The van der Waals surface area contributed by atoms with Gasteiger partial charge < -0.3 is 9.80 Å². The van der Waals surface area contributed by atoms with Crippen molar-refractivity contribution >= 4 is 44.9 Å². The average Bonchev–Trinajstić information content (AvgIpc) is 3.69. The fraction of sp³-hybridized carbons (Fsp3) is 0.171. The van der Waals surface area contributed by atoms with Crippen LogP contribution in [0.25, 0.3) is 33.0 Å². The summed E-state index contributed by atoms with van der Waals surface area (Å²) in [4.78, 5) is 4.84. The molecule has 72 heavy (non-hydrogen) atoms. The first-order valence-electron chi connectivity index (χ1n) is 25.7. The van der Waals surface area contributed by atoms with Crippen LogP contribution in [0.15, 0.2) is 231 Å². The molecule has 0 saturated carbocycles. The smallest absolute Gasteiger partial charge is 0.0717 e. The van der Waals surface area contributed by atoms with E-state index in [1.165, 1.54) is 83.2 Å². The summed E-state index contributed by atoms with van der Waals surface area (Å²) in [6.07, 6.45) is 0. The topological polar surface area (TPSA) is 6.48 Å². The van der Waals surface area contributed by atoms with E-state index in [1.54, 1.807) is 0 Å². The summed E-state index contributed by atoms with van der Waals surface area (Å²) in [7, 11) is 0. The Labute approximate surface area is 426 Å². The van der Waals surface area contributed by atoms with Gasteiger partial charge in [-0.15, -0.1) is 0 Å². The zero-order valence-electron chi connectivity index (χ0n) is 42.8. The third-order valence-electron chi connectivity index (χ3n) is 15.8. The summed E-state index contributed by atoms with van der Waals surface area (Å²) in [6.45, 7) is 18.9. The van der Waals surface area contributed by atoms with Gasteiger partial charge in [0.25, 0.3) is 0 Å². The molecule has 0 atom stereocenters. The number of hydrogen-bond donors (Lipinski definition) is 0. The molecule has 0 aromatic heterocycles. The molecular formula is C70H62N2. The molecule has 12 rings (SSSR count). The van der Waals surface area contributed by atoms with Crippen molar-refractivity contribution < 1.29 is 0 Å². The molecule has 10 aromatic rings. The Kier molecular flexibility index (Phi) is 10.6. The monoisotopic (exact) mass is 930 g/mol. The van der Waals surface area contributed by atoms with Gasteiger partial charge >= 0.3 is 0 Å². The second kappa shape index (κ2) is 16.8. The molecule has 0 unspecified atom stereocenters. The third-order valence-corrected chi connectivity index (χ3v) is 15.8. The molecule has 10 aromatic carbocycles. The van der Waals surface area contributed by atoms with E-state index < -0.39 is 10.8 Å². The zero-order chi connectivity index (χ0) is 49.6. The van der Waals surface area contributed by atoms with E-state index in [1.807, 2.05) is 0 Å². The van der Waals surface area contributed by atoms with E-state index in [2.05, 4.69) is 296 Å². The van der Waals surface area contributed by atoms with Crippen LogP contribution >= 0.6 is 0 Å². The van der Waals surface area contributed by atoms with Crippen molar-refractivity contribution in [3.63, 3.8) is 0 Å². The lowest BCUT2D eigenvalue weighted by molar-refractivity contribution is 0.587. The molecule has 0 aliphatic heterocycles. The predicted molar refractivity (Wildman–Crippen MR) is 306 cm³/mol. The lowest BCUT2D eigenvalue weighted by Crippen LogP contribution is -2.35. The fourth-order valence-electron chi connectivity index (χ4n) is 12.3. The van der Waals surface area contributed by atoms with Crippen molar-refractivity contribution in [2.45, 2.75) is 77.0 Å². The zero-order valence-corrected chi connectivity index (χ0v) is 42.8. The maximum absolute atomic E-state index is 2.52. The quantitative estimate of drug-likeness (QED) is 0.150. The third kappa shape index (κ3) is 7.06. The fourth-order valence-corrected chi connectivity index (χ4v) is 12.3. The Hall–Kier alpha value is -7.94. The molecule has 0 saturated heterocycles. The molecule has 0 bridgehead atoms. The summed E-state index contributed by atoms with van der Waals surface area (Å²) in [5, 5.41) is 2.56. The van der Waals surface area contributed by atoms with Gasteiger partial charge in [0.2, 0.25) is 0 Å². The number of rotatable bonds is 8. The van der Waals surface area contributed by atoms with Crippen LogP contribution in [0.2, 0.25) is 0 Å². The molecule has 2 heteroatoms. The number of anilines is 6. The van der Waals surface area contributed by atoms with E-state index in [-0.39, 0.29) is 10.8 Å². The number of fused-ring (bicyclic) bond motifs is 6. The van der Waals surface area contributed by atoms with Crippen molar-refractivity contribution in [1.29, 1.82) is 0 Å². The minimum atomic E-state index is -0.697. The van der Waals surface area contributed by atoms with Crippen molar-refractivity contribution in [2.75, 3.05) is 9.80 Å². The number of benzene rings is 10. The minimum absolute atomic E-state index is 0.0103. The average molecular weight is 931 g/mol. The Morgan fingerprint density at radius 1 is 0.333 bits per heavy atom. The summed E-state index contributed by atoms with van der Waals surface area (Å²) < 4.78 is 0. The highest BCUT2D eigenvalue weighted by molar-refractivity contribution is 6.11. The van der Waals surface area contributed by atoms with Crippen LogP contribution in [0.1, 0.15) is 99.9 Å². The van der Waals surface area contributed by atoms with Crippen molar-refractivity contribution in [3.8, 4) is 22.3 Å². The van der Waals surface area contributed by atoms with Crippen LogP contribution < -0.4 is 9.80 Å². The van der Waals surface area contributed by atoms with Gasteiger partial charge in [0.1, 0.15) is 0 Å². The van der Waals surface area contributed by atoms with Crippen LogP contribution in [-0.2, 0) is 21.7 Å². The highest BCUT2D eigenvalue weighted by Gasteiger charge is 2.52. The molecule has 0 fully saturated rings. The van der Waals surface area contributed by atoms with Crippen LogP contribution in [0.3, 0.4) is 0 Å². The molecule has 0 N–H and O–H groups in total. The highest BCUT2D eigenvalue weighted by atomic mass is 15.1. The van der Waals surface area contributed by atoms with Gasteiger partial charge in [-0.2, -0.15) is 0 Å². The van der Waals surface area contributed by atoms with Gasteiger partial charge in [0.05, 0.1) is 11.1 Å². The van der Waals surface area contributed by atoms with E-state index in [9.17, 15) is 0 Å². The number of para-hydroxylation sites is 4. The van der Waals surface area contributed by atoms with Crippen molar-refractivity contribution in [1.82, 2.24) is 0 Å². The maximum atomic E-state index is 2.52. The first kappa shape index (κ1) is 45.2. The minimum Gasteiger partial charge on any atom is -0.310 e. The molecule has 352 valence electrons. The summed E-state index contributed by atoms with van der Waals surface area (Å²) in [5.41, 5.74) is 21.4. The van der Waals surface area contributed by atoms with E-state index in [0.29, 0.717) is 0 Å². The Morgan fingerprint density at radius 3 is 1.24 bits per heavy atom. The Balaban J connectivity index is 1.18. The first-order valence-corrected chi connectivity index (χ1v) is 25.7. The molecule has 0 radical (unpaired) electrons. The van der Waals surface area contributed by atoms with Crippen LogP contribution in [-0.4, -0.2) is 0 Å². The molecule has 0 amide bonds. The lowest BCUT2D eigenvalue weighted by Gasteiger charge is -2.43. The first-order chi connectivity index (χ1) is 34.8. The molecule has 0 spiro atoms. The normalized spacial score (nSPS) is 14.1. The second-order valence-electron chi connectivity index (χ2n) is 22.5. The van der Waals surface area contributed by atoms with Crippen LogP contribution in [0, 0.1) is 0 Å². The SMILES string of the molecule is CC(C)(C)c1ccc(C2(c3ccc(C(C)(C)C)cc3)c3cc(N(c4ccccc4)c4ccccc4)ccc3-c3ccc4c(c32)C(C)(C)c2cccc3c(N(c5ccccc5)c5ccccc5)ccc-4c23)cc1. The standard InChI is InChI=1S/C70H62N2/c1-67(2,3)47-32-36-49(37-33-47)70(50-38-34-48(35-39-50)68(4,5)6)62-46-55(71(51-22-13-9-14-23-51)52-24-15-10-16-25-52)40-41-56(62)58-42-43-59-57-44-45-63(72(53-26-17-11-18-27-53)54-28-19-12-20-29-54)60-30-21-31-61(64(57)60)69(7,8)65(59)66(58)70/h9-46H,1-8H3.